The molecule has 9 heteroatoms. The van der Waals surface area contributed by atoms with E-state index in [1.165, 1.54) is 6.33 Å². The maximum absolute atomic E-state index is 4.86. The van der Waals surface area contributed by atoms with Crippen LogP contribution in [0.2, 0.25) is 0 Å². The molecule has 31 heavy (non-hydrogen) atoms. The summed E-state index contributed by atoms with van der Waals surface area (Å²) in [6, 6.07) is 7.79. The molecule has 0 fully saturated rings. The number of aromatic amines is 1. The molecule has 0 unspecified atom stereocenters. The van der Waals surface area contributed by atoms with E-state index < -0.39 is 0 Å². The number of H-pyrrole nitrogens is 1. The Morgan fingerprint density at radius 3 is 2.61 bits per heavy atom. The van der Waals surface area contributed by atoms with Crippen LogP contribution in [0.3, 0.4) is 0 Å². The van der Waals surface area contributed by atoms with E-state index >= 15 is 0 Å². The van der Waals surface area contributed by atoms with Gasteiger partial charge in [0, 0.05) is 59.4 Å². The monoisotopic (exact) mass is 405 g/mol. The van der Waals surface area contributed by atoms with Crippen LogP contribution in [-0.2, 0) is 0 Å². The van der Waals surface area contributed by atoms with Gasteiger partial charge in [-0.3, -0.25) is 15.0 Å². The van der Waals surface area contributed by atoms with Gasteiger partial charge in [-0.25, -0.2) is 19.9 Å². The van der Waals surface area contributed by atoms with Crippen molar-refractivity contribution >= 4 is 22.6 Å². The van der Waals surface area contributed by atoms with E-state index in [-0.39, 0.29) is 0 Å². The molecule has 0 spiro atoms. The number of anilines is 1. The van der Waals surface area contributed by atoms with Gasteiger partial charge in [0.25, 0.3) is 0 Å². The van der Waals surface area contributed by atoms with Crippen molar-refractivity contribution in [1.82, 2.24) is 34.9 Å². The zero-order valence-electron chi connectivity index (χ0n) is 16.2. The maximum Gasteiger partial charge on any atom is 0.157 e. The number of aliphatic imine (C=N–C) groups is 1. The predicted octanol–water partition coefficient (Wildman–Crippen LogP) is 3.09. The van der Waals surface area contributed by atoms with Crippen molar-refractivity contribution in [2.75, 3.05) is 12.0 Å². The maximum atomic E-state index is 4.86. The molecule has 0 bridgehead atoms. The van der Waals surface area contributed by atoms with Crippen molar-refractivity contribution < 1.29 is 0 Å². The van der Waals surface area contributed by atoms with Gasteiger partial charge in [0.2, 0.25) is 0 Å². The fraction of sp³-hybridized carbons (Fsp3) is 0.0455. The molecule has 1 aliphatic rings. The van der Waals surface area contributed by atoms with Gasteiger partial charge >= 0.3 is 0 Å². The Hall–Kier alpha value is -4.53. The minimum absolute atomic E-state index is 0.424. The SMILES string of the molecule is c1cncc(-c2nccc3[nH]c(C4=NCNc5ncc(-c6cncnc6)cc54)nc23)c1. The highest BCUT2D eigenvalue weighted by molar-refractivity contribution is 6.16. The summed E-state index contributed by atoms with van der Waals surface area (Å²) < 4.78 is 0. The van der Waals surface area contributed by atoms with Gasteiger partial charge in [-0.2, -0.15) is 0 Å². The first kappa shape index (κ1) is 17.3. The fourth-order valence-corrected chi connectivity index (χ4v) is 3.63. The molecule has 6 rings (SSSR count). The van der Waals surface area contributed by atoms with Crippen molar-refractivity contribution in [3.05, 3.63) is 79.2 Å². The first-order valence-corrected chi connectivity index (χ1v) is 9.66. The van der Waals surface area contributed by atoms with Crippen LogP contribution in [-0.4, -0.2) is 47.3 Å². The van der Waals surface area contributed by atoms with Gasteiger partial charge < -0.3 is 10.3 Å². The summed E-state index contributed by atoms with van der Waals surface area (Å²) in [7, 11) is 0. The number of hydrogen-bond acceptors (Lipinski definition) is 8. The third-order valence-corrected chi connectivity index (χ3v) is 5.08. The van der Waals surface area contributed by atoms with E-state index in [0.29, 0.717) is 12.5 Å². The van der Waals surface area contributed by atoms with Crippen molar-refractivity contribution in [2.24, 2.45) is 4.99 Å². The summed E-state index contributed by atoms with van der Waals surface area (Å²) in [5.74, 6) is 1.43. The molecule has 1 aliphatic heterocycles. The highest BCUT2D eigenvalue weighted by atomic mass is 15.1. The highest BCUT2D eigenvalue weighted by Gasteiger charge is 2.22. The van der Waals surface area contributed by atoms with Gasteiger partial charge in [0.05, 0.1) is 11.2 Å². The lowest BCUT2D eigenvalue weighted by Crippen LogP contribution is -2.19. The molecule has 0 atom stereocenters. The predicted molar refractivity (Wildman–Crippen MR) is 117 cm³/mol. The van der Waals surface area contributed by atoms with Crippen LogP contribution in [0.1, 0.15) is 11.4 Å². The summed E-state index contributed by atoms with van der Waals surface area (Å²) >= 11 is 0. The largest absolute Gasteiger partial charge is 0.350 e. The lowest BCUT2D eigenvalue weighted by Gasteiger charge is -2.17. The Labute approximate surface area is 176 Å². The third-order valence-electron chi connectivity index (χ3n) is 5.08. The van der Waals surface area contributed by atoms with Crippen LogP contribution < -0.4 is 5.32 Å². The van der Waals surface area contributed by atoms with Crippen molar-refractivity contribution in [2.45, 2.75) is 0 Å². The summed E-state index contributed by atoms with van der Waals surface area (Å²) in [4.78, 5) is 34.5. The molecule has 9 nitrogen and oxygen atoms in total. The standard InChI is InChI=1S/C22H15N9/c1-2-13(7-23-4-1)18-20-17(3-5-26-18)30-22(31-20)19-16-6-14(15-8-24-11-25-9-15)10-27-21(16)29-12-28-19/h1-11H,12H2,(H,27,29)(H,30,31). The summed E-state index contributed by atoms with van der Waals surface area (Å²) in [5.41, 5.74) is 6.74. The number of pyridine rings is 3. The highest BCUT2D eigenvalue weighted by Crippen LogP contribution is 2.29. The zero-order valence-corrected chi connectivity index (χ0v) is 16.2. The van der Waals surface area contributed by atoms with E-state index in [9.17, 15) is 0 Å². The molecular weight excluding hydrogens is 390 g/mol. The Morgan fingerprint density at radius 1 is 0.839 bits per heavy atom. The minimum Gasteiger partial charge on any atom is -0.350 e. The fourth-order valence-electron chi connectivity index (χ4n) is 3.63. The van der Waals surface area contributed by atoms with Gasteiger partial charge in [-0.15, -0.1) is 0 Å². The number of nitrogens with one attached hydrogen (secondary N) is 2. The van der Waals surface area contributed by atoms with Crippen molar-refractivity contribution in [1.29, 1.82) is 0 Å². The number of fused-ring (bicyclic) bond motifs is 2. The molecule has 5 aromatic heterocycles. The third kappa shape index (κ3) is 2.99. The average molecular weight is 405 g/mol. The Morgan fingerprint density at radius 2 is 1.74 bits per heavy atom. The number of rotatable bonds is 3. The molecule has 2 N–H and O–H groups in total. The van der Waals surface area contributed by atoms with Crippen LogP contribution in [0.25, 0.3) is 33.4 Å². The number of hydrogen-bond donors (Lipinski definition) is 2. The Kier molecular flexibility index (Phi) is 3.95. The van der Waals surface area contributed by atoms with Gasteiger partial charge in [-0.1, -0.05) is 0 Å². The molecule has 6 heterocycles. The lowest BCUT2D eigenvalue weighted by atomic mass is 10.0. The molecule has 0 aliphatic carbocycles. The molecule has 0 saturated carbocycles. The first-order chi connectivity index (χ1) is 15.4. The normalized spacial score (nSPS) is 12.8. The molecule has 0 saturated heterocycles. The summed E-state index contributed by atoms with van der Waals surface area (Å²) in [6.45, 7) is 0.424. The second kappa shape index (κ2) is 7.06. The quantitative estimate of drug-likeness (QED) is 0.473. The van der Waals surface area contributed by atoms with Crippen LogP contribution in [0.5, 0.6) is 0 Å². The molecular formula is C22H15N9. The van der Waals surface area contributed by atoms with Crippen molar-refractivity contribution in [3.8, 4) is 22.4 Å². The molecule has 5 aromatic rings. The topological polar surface area (TPSA) is 118 Å². The van der Waals surface area contributed by atoms with E-state index in [4.69, 9.17) is 4.98 Å². The van der Waals surface area contributed by atoms with Crippen LogP contribution in [0.4, 0.5) is 5.82 Å². The van der Waals surface area contributed by atoms with E-state index in [1.807, 2.05) is 24.3 Å². The second-order valence-electron chi connectivity index (χ2n) is 6.97. The first-order valence-electron chi connectivity index (χ1n) is 9.66. The second-order valence-corrected chi connectivity index (χ2v) is 6.97. The van der Waals surface area contributed by atoms with Crippen molar-refractivity contribution in [3.63, 3.8) is 0 Å². The number of imidazole rings is 1. The molecule has 0 amide bonds. The van der Waals surface area contributed by atoms with Gasteiger partial charge in [0.1, 0.15) is 30.0 Å². The van der Waals surface area contributed by atoms with E-state index in [2.05, 4.69) is 40.2 Å². The van der Waals surface area contributed by atoms with Crippen LogP contribution >= 0.6 is 0 Å². The lowest BCUT2D eigenvalue weighted by molar-refractivity contribution is 1.06. The molecule has 148 valence electrons. The van der Waals surface area contributed by atoms with Crippen LogP contribution in [0, 0.1) is 0 Å². The smallest absolute Gasteiger partial charge is 0.157 e. The minimum atomic E-state index is 0.424. The Bertz CT molecular complexity index is 1430. The Balaban J connectivity index is 1.48. The molecule has 0 radical (unpaired) electrons. The summed E-state index contributed by atoms with van der Waals surface area (Å²) in [6.07, 6.45) is 12.1. The number of nitrogens with zero attached hydrogens (tertiary/aromatic N) is 7. The summed E-state index contributed by atoms with van der Waals surface area (Å²) in [5, 5.41) is 3.22. The van der Waals surface area contributed by atoms with E-state index in [0.717, 1.165) is 50.5 Å². The van der Waals surface area contributed by atoms with E-state index in [1.54, 1.807) is 37.2 Å². The van der Waals surface area contributed by atoms with Gasteiger partial charge in [-0.05, 0) is 24.3 Å². The molecule has 0 aromatic carbocycles. The average Bonchev–Trinajstić information content (AvgIpc) is 3.29. The van der Waals surface area contributed by atoms with Crippen LogP contribution in [0.15, 0.2) is 72.8 Å². The number of aromatic nitrogens is 7. The zero-order chi connectivity index (χ0) is 20.6. The van der Waals surface area contributed by atoms with Gasteiger partial charge in [0.15, 0.2) is 5.82 Å².